The van der Waals surface area contributed by atoms with E-state index in [-0.39, 0.29) is 16.1 Å². The molecule has 0 aromatic heterocycles. The van der Waals surface area contributed by atoms with Gasteiger partial charge >= 0.3 is 0 Å². The van der Waals surface area contributed by atoms with Gasteiger partial charge in [-0.05, 0) is 43.4 Å². The Morgan fingerprint density at radius 3 is 2.35 bits per heavy atom. The zero-order valence-electron chi connectivity index (χ0n) is 17.3. The molecule has 0 saturated carbocycles. The summed E-state index contributed by atoms with van der Waals surface area (Å²) in [5, 5.41) is 2.79. The number of carbonyl (C=O) groups excluding carboxylic acids is 2. The molecule has 0 saturated heterocycles. The van der Waals surface area contributed by atoms with Crippen molar-refractivity contribution >= 4 is 40.6 Å². The molecule has 31 heavy (non-hydrogen) atoms. The maximum absolute atomic E-state index is 12.7. The Kier molecular flexibility index (Phi) is 9.68. The molecule has 1 amide bonds. The summed E-state index contributed by atoms with van der Waals surface area (Å²) in [5.74, 6) is -0.662. The topological polar surface area (TPSA) is 58.6 Å². The van der Waals surface area contributed by atoms with Gasteiger partial charge in [-0.25, -0.2) is 8.78 Å². The molecule has 2 rings (SSSR count). The largest absolute Gasteiger partial charge is 0.491 e. The standard InChI is InChI=1S/C22H24Cl2F2N2O3/c1-3-28(4-2)9-10-31-20-8-6-15(12-18(20)24)27-21(30)13-19(29)16-7-5-14(22(25)26)11-17(16)23/h5-8,11-12,22H,3-4,9-10,13H2,1-2H3,(H,27,30). The predicted octanol–water partition coefficient (Wildman–Crippen LogP) is 5.86. The Morgan fingerprint density at radius 1 is 1.06 bits per heavy atom. The van der Waals surface area contributed by atoms with Crippen LogP contribution in [-0.4, -0.2) is 42.8 Å². The molecule has 0 unspecified atom stereocenters. The number of ketones is 1. The molecule has 0 fully saturated rings. The molecule has 1 N–H and O–H groups in total. The number of nitrogens with one attached hydrogen (secondary N) is 1. The van der Waals surface area contributed by atoms with Crippen LogP contribution in [0.4, 0.5) is 14.5 Å². The maximum atomic E-state index is 12.7. The number of Topliss-reactive ketones (excluding diaryl/α,β-unsaturated/α-hetero) is 1. The quantitative estimate of drug-likeness (QED) is 0.328. The van der Waals surface area contributed by atoms with Crippen LogP contribution < -0.4 is 10.1 Å². The minimum absolute atomic E-state index is 0.0104. The van der Waals surface area contributed by atoms with Gasteiger partial charge in [0.25, 0.3) is 6.43 Å². The third kappa shape index (κ3) is 7.45. The van der Waals surface area contributed by atoms with Gasteiger partial charge in [-0.3, -0.25) is 9.59 Å². The minimum atomic E-state index is -2.70. The number of likely N-dealkylation sites (N-methyl/N-ethyl adjacent to an activating group) is 1. The first-order chi connectivity index (χ1) is 14.7. The molecular formula is C22H24Cl2F2N2O3. The van der Waals surface area contributed by atoms with Crippen LogP contribution in [0.15, 0.2) is 36.4 Å². The number of amides is 1. The lowest BCUT2D eigenvalue weighted by Gasteiger charge is -2.18. The van der Waals surface area contributed by atoms with E-state index in [0.29, 0.717) is 23.1 Å². The first-order valence-electron chi connectivity index (χ1n) is 9.80. The average molecular weight is 473 g/mol. The van der Waals surface area contributed by atoms with Crippen LogP contribution in [0.2, 0.25) is 10.0 Å². The lowest BCUT2D eigenvalue weighted by atomic mass is 10.1. The summed E-state index contributed by atoms with van der Waals surface area (Å²) in [5.41, 5.74) is 0.120. The minimum Gasteiger partial charge on any atom is -0.491 e. The van der Waals surface area contributed by atoms with Crippen molar-refractivity contribution in [2.45, 2.75) is 26.7 Å². The van der Waals surface area contributed by atoms with E-state index in [1.807, 2.05) is 0 Å². The van der Waals surface area contributed by atoms with Crippen molar-refractivity contribution < 1.29 is 23.1 Å². The highest BCUT2D eigenvalue weighted by molar-refractivity contribution is 6.34. The molecule has 0 aliphatic heterocycles. The number of hydrogen-bond acceptors (Lipinski definition) is 4. The van der Waals surface area contributed by atoms with E-state index in [1.54, 1.807) is 12.1 Å². The molecule has 2 aromatic carbocycles. The number of alkyl halides is 2. The van der Waals surface area contributed by atoms with Gasteiger partial charge in [-0.2, -0.15) is 0 Å². The van der Waals surface area contributed by atoms with Crippen molar-refractivity contribution in [2.75, 3.05) is 31.6 Å². The van der Waals surface area contributed by atoms with Crippen molar-refractivity contribution in [3.05, 3.63) is 57.6 Å². The molecule has 9 heteroatoms. The van der Waals surface area contributed by atoms with Crippen LogP contribution in [-0.2, 0) is 4.79 Å². The van der Waals surface area contributed by atoms with Crippen LogP contribution >= 0.6 is 23.2 Å². The summed E-state index contributed by atoms with van der Waals surface area (Å²) < 4.78 is 31.1. The number of anilines is 1. The highest BCUT2D eigenvalue weighted by Gasteiger charge is 2.17. The molecular weight excluding hydrogens is 449 g/mol. The second-order valence-corrected chi connectivity index (χ2v) is 7.52. The Morgan fingerprint density at radius 2 is 1.77 bits per heavy atom. The molecule has 0 radical (unpaired) electrons. The van der Waals surface area contributed by atoms with E-state index in [2.05, 4.69) is 24.1 Å². The zero-order valence-corrected chi connectivity index (χ0v) is 18.8. The van der Waals surface area contributed by atoms with Crippen molar-refractivity contribution in [3.8, 4) is 5.75 Å². The number of benzene rings is 2. The third-order valence-corrected chi connectivity index (χ3v) is 5.25. The number of rotatable bonds is 11. The lowest BCUT2D eigenvalue weighted by molar-refractivity contribution is -0.115. The summed E-state index contributed by atoms with van der Waals surface area (Å²) in [6.45, 7) is 7.26. The lowest BCUT2D eigenvalue weighted by Crippen LogP contribution is -2.27. The fraction of sp³-hybridized carbons (Fsp3) is 0.364. The Balaban J connectivity index is 1.93. The van der Waals surface area contributed by atoms with E-state index in [4.69, 9.17) is 27.9 Å². The van der Waals surface area contributed by atoms with Gasteiger partial charge in [0, 0.05) is 23.4 Å². The summed E-state index contributed by atoms with van der Waals surface area (Å²) >= 11 is 12.1. The molecule has 0 spiro atoms. The average Bonchev–Trinajstić information content (AvgIpc) is 2.72. The number of hydrogen-bond donors (Lipinski definition) is 1. The Labute approximate surface area is 190 Å². The molecule has 0 atom stereocenters. The highest BCUT2D eigenvalue weighted by atomic mass is 35.5. The van der Waals surface area contributed by atoms with Gasteiger partial charge < -0.3 is 15.0 Å². The van der Waals surface area contributed by atoms with Gasteiger partial charge in [0.2, 0.25) is 5.91 Å². The fourth-order valence-electron chi connectivity index (χ4n) is 2.86. The van der Waals surface area contributed by atoms with E-state index >= 15 is 0 Å². The molecule has 2 aromatic rings. The molecule has 0 heterocycles. The van der Waals surface area contributed by atoms with Crippen LogP contribution in [0.25, 0.3) is 0 Å². The zero-order chi connectivity index (χ0) is 23.0. The number of halogens is 4. The second-order valence-electron chi connectivity index (χ2n) is 6.71. The number of carbonyl (C=O) groups is 2. The Hall–Kier alpha value is -2.22. The van der Waals surface area contributed by atoms with Crippen LogP contribution in [0, 0.1) is 0 Å². The number of ether oxygens (including phenoxy) is 1. The normalized spacial score (nSPS) is 11.1. The summed E-state index contributed by atoms with van der Waals surface area (Å²) in [6, 6.07) is 8.12. The second kappa shape index (κ2) is 12.0. The van der Waals surface area contributed by atoms with E-state index < -0.39 is 24.5 Å². The van der Waals surface area contributed by atoms with Crippen molar-refractivity contribution in [1.82, 2.24) is 4.90 Å². The maximum Gasteiger partial charge on any atom is 0.263 e. The molecule has 5 nitrogen and oxygen atoms in total. The number of nitrogens with zero attached hydrogens (tertiary/aromatic N) is 1. The molecule has 0 aliphatic rings. The van der Waals surface area contributed by atoms with Crippen LogP contribution in [0.3, 0.4) is 0 Å². The van der Waals surface area contributed by atoms with Gasteiger partial charge in [0.15, 0.2) is 5.78 Å². The fourth-order valence-corrected chi connectivity index (χ4v) is 3.39. The van der Waals surface area contributed by atoms with Crippen LogP contribution in [0.1, 0.15) is 42.6 Å². The molecule has 0 bridgehead atoms. The highest BCUT2D eigenvalue weighted by Crippen LogP contribution is 2.28. The van der Waals surface area contributed by atoms with Crippen molar-refractivity contribution in [3.63, 3.8) is 0 Å². The molecule has 168 valence electrons. The van der Waals surface area contributed by atoms with Crippen LogP contribution in [0.5, 0.6) is 5.75 Å². The van der Waals surface area contributed by atoms with Gasteiger partial charge in [0.1, 0.15) is 12.4 Å². The van der Waals surface area contributed by atoms with Crippen molar-refractivity contribution in [2.24, 2.45) is 0 Å². The summed E-state index contributed by atoms with van der Waals surface area (Å²) in [7, 11) is 0. The first-order valence-corrected chi connectivity index (χ1v) is 10.6. The Bertz CT molecular complexity index is 922. The van der Waals surface area contributed by atoms with Gasteiger partial charge in [-0.1, -0.05) is 43.1 Å². The van der Waals surface area contributed by atoms with E-state index in [1.165, 1.54) is 12.1 Å². The summed E-state index contributed by atoms with van der Waals surface area (Å²) in [4.78, 5) is 26.7. The van der Waals surface area contributed by atoms with Gasteiger partial charge in [0.05, 0.1) is 16.5 Å². The predicted molar refractivity (Wildman–Crippen MR) is 119 cm³/mol. The molecule has 0 aliphatic carbocycles. The van der Waals surface area contributed by atoms with E-state index in [0.717, 1.165) is 31.8 Å². The monoisotopic (exact) mass is 472 g/mol. The third-order valence-electron chi connectivity index (χ3n) is 4.64. The van der Waals surface area contributed by atoms with E-state index in [9.17, 15) is 18.4 Å². The van der Waals surface area contributed by atoms with Gasteiger partial charge in [-0.15, -0.1) is 0 Å². The smallest absolute Gasteiger partial charge is 0.263 e. The summed E-state index contributed by atoms with van der Waals surface area (Å²) in [6.07, 6.45) is -3.19. The SMILES string of the molecule is CCN(CC)CCOc1ccc(NC(=O)CC(=O)c2ccc(C(F)F)cc2Cl)cc1Cl. The van der Waals surface area contributed by atoms with Crippen molar-refractivity contribution in [1.29, 1.82) is 0 Å². The first kappa shape index (κ1) is 25.0.